The van der Waals surface area contributed by atoms with Gasteiger partial charge >= 0.3 is 0 Å². The number of carbonyl (C=O) groups excluding carboxylic acids is 1. The van der Waals surface area contributed by atoms with E-state index in [0.717, 1.165) is 25.0 Å². The SMILES string of the molecule is CCC(CC)NC(=O)c1cc(F)c(NN)c(F)c1. The van der Waals surface area contributed by atoms with Gasteiger partial charge in [0.05, 0.1) is 0 Å². The molecular formula is C12H17F2N3O. The van der Waals surface area contributed by atoms with Crippen LogP contribution in [0.1, 0.15) is 37.0 Å². The van der Waals surface area contributed by atoms with Gasteiger partial charge in [-0.1, -0.05) is 13.8 Å². The summed E-state index contributed by atoms with van der Waals surface area (Å²) in [5.74, 6) is 2.68. The summed E-state index contributed by atoms with van der Waals surface area (Å²) >= 11 is 0. The highest BCUT2D eigenvalue weighted by Gasteiger charge is 2.16. The molecule has 0 aliphatic rings. The van der Waals surface area contributed by atoms with Gasteiger partial charge in [0, 0.05) is 11.6 Å². The highest BCUT2D eigenvalue weighted by molar-refractivity contribution is 5.94. The summed E-state index contributed by atoms with van der Waals surface area (Å²) in [5.41, 5.74) is 1.40. The number of hydrogen-bond donors (Lipinski definition) is 3. The summed E-state index contributed by atoms with van der Waals surface area (Å²) in [7, 11) is 0. The van der Waals surface area contributed by atoms with Crippen molar-refractivity contribution in [1.82, 2.24) is 5.32 Å². The molecule has 1 rings (SSSR count). The molecule has 0 atom stereocenters. The third-order valence-electron chi connectivity index (χ3n) is 2.77. The van der Waals surface area contributed by atoms with E-state index in [1.165, 1.54) is 0 Å². The van der Waals surface area contributed by atoms with E-state index < -0.39 is 23.2 Å². The summed E-state index contributed by atoms with van der Waals surface area (Å²) < 4.78 is 26.8. The number of halogens is 2. The van der Waals surface area contributed by atoms with E-state index >= 15 is 0 Å². The van der Waals surface area contributed by atoms with Gasteiger partial charge in [-0.2, -0.15) is 0 Å². The van der Waals surface area contributed by atoms with Crippen LogP contribution in [0.4, 0.5) is 14.5 Å². The van der Waals surface area contributed by atoms with Crippen molar-refractivity contribution in [2.24, 2.45) is 5.84 Å². The van der Waals surface area contributed by atoms with E-state index in [1.54, 1.807) is 0 Å². The molecule has 1 amide bonds. The first-order valence-corrected chi connectivity index (χ1v) is 5.79. The van der Waals surface area contributed by atoms with Crippen molar-refractivity contribution < 1.29 is 13.6 Å². The van der Waals surface area contributed by atoms with Crippen molar-refractivity contribution in [3.05, 3.63) is 29.3 Å². The van der Waals surface area contributed by atoms with Crippen LogP contribution in [0.15, 0.2) is 12.1 Å². The van der Waals surface area contributed by atoms with Crippen LogP contribution < -0.4 is 16.6 Å². The Labute approximate surface area is 105 Å². The quantitative estimate of drug-likeness (QED) is 0.559. The van der Waals surface area contributed by atoms with Crippen LogP contribution in [-0.2, 0) is 0 Å². The zero-order valence-electron chi connectivity index (χ0n) is 10.4. The minimum Gasteiger partial charge on any atom is -0.349 e. The van der Waals surface area contributed by atoms with Crippen LogP contribution in [0.2, 0.25) is 0 Å². The van der Waals surface area contributed by atoms with Gasteiger partial charge in [0.1, 0.15) is 5.69 Å². The van der Waals surface area contributed by atoms with Gasteiger partial charge in [-0.05, 0) is 25.0 Å². The zero-order chi connectivity index (χ0) is 13.7. The minimum atomic E-state index is -0.896. The molecule has 100 valence electrons. The lowest BCUT2D eigenvalue weighted by atomic mass is 10.1. The number of hydrogen-bond acceptors (Lipinski definition) is 3. The Bertz CT molecular complexity index is 410. The monoisotopic (exact) mass is 257 g/mol. The van der Waals surface area contributed by atoms with Gasteiger partial charge in [0.25, 0.3) is 5.91 Å². The van der Waals surface area contributed by atoms with Gasteiger partial charge in [-0.15, -0.1) is 0 Å². The molecule has 0 saturated heterocycles. The summed E-state index contributed by atoms with van der Waals surface area (Å²) in [5, 5.41) is 2.70. The van der Waals surface area contributed by atoms with Gasteiger partial charge < -0.3 is 10.7 Å². The number of amides is 1. The van der Waals surface area contributed by atoms with Gasteiger partial charge in [-0.3, -0.25) is 10.6 Å². The van der Waals surface area contributed by atoms with Crippen molar-refractivity contribution in [3.63, 3.8) is 0 Å². The van der Waals surface area contributed by atoms with Crippen molar-refractivity contribution in [1.29, 1.82) is 0 Å². The number of carbonyl (C=O) groups is 1. The standard InChI is InChI=1S/C12H17F2N3O/c1-3-8(4-2)16-12(18)7-5-9(13)11(17-15)10(14)6-7/h5-6,8,17H,3-4,15H2,1-2H3,(H,16,18). The molecule has 0 saturated carbocycles. The summed E-state index contributed by atoms with van der Waals surface area (Å²) in [6, 6.07) is 1.90. The molecule has 0 aromatic heterocycles. The third-order valence-corrected chi connectivity index (χ3v) is 2.77. The second-order valence-corrected chi connectivity index (χ2v) is 3.95. The minimum absolute atomic E-state index is 0.00377. The van der Waals surface area contributed by atoms with E-state index in [2.05, 4.69) is 5.32 Å². The Morgan fingerprint density at radius 3 is 2.17 bits per heavy atom. The number of nitrogens with two attached hydrogens (primary N) is 1. The van der Waals surface area contributed by atoms with Crippen molar-refractivity contribution in [2.45, 2.75) is 32.7 Å². The fourth-order valence-corrected chi connectivity index (χ4v) is 1.60. The molecule has 6 heteroatoms. The molecule has 1 aromatic rings. The van der Waals surface area contributed by atoms with Gasteiger partial charge in [0.2, 0.25) is 0 Å². The highest BCUT2D eigenvalue weighted by atomic mass is 19.1. The topological polar surface area (TPSA) is 67.2 Å². The second-order valence-electron chi connectivity index (χ2n) is 3.95. The first kappa shape index (κ1) is 14.4. The highest BCUT2D eigenvalue weighted by Crippen LogP contribution is 2.19. The first-order chi connectivity index (χ1) is 8.53. The lowest BCUT2D eigenvalue weighted by Crippen LogP contribution is -2.34. The molecule has 1 aromatic carbocycles. The predicted octanol–water partition coefficient (Wildman–Crippen LogP) is 2.17. The second kappa shape index (κ2) is 6.30. The molecule has 4 N–H and O–H groups in total. The average molecular weight is 257 g/mol. The molecule has 0 aliphatic heterocycles. The largest absolute Gasteiger partial charge is 0.349 e. The summed E-state index contributed by atoms with van der Waals surface area (Å²) in [4.78, 5) is 11.8. The number of nitrogen functional groups attached to an aromatic ring is 1. The van der Waals surface area contributed by atoms with Crippen LogP contribution in [0, 0.1) is 11.6 Å². The van der Waals surface area contributed by atoms with Crippen molar-refractivity contribution in [3.8, 4) is 0 Å². The Morgan fingerprint density at radius 2 is 1.78 bits per heavy atom. The molecule has 0 radical (unpaired) electrons. The molecule has 0 aliphatic carbocycles. The van der Waals surface area contributed by atoms with Crippen LogP contribution >= 0.6 is 0 Å². The first-order valence-electron chi connectivity index (χ1n) is 5.79. The maximum absolute atomic E-state index is 13.4. The average Bonchev–Trinajstić information content (AvgIpc) is 2.35. The maximum Gasteiger partial charge on any atom is 0.251 e. The van der Waals surface area contributed by atoms with E-state index in [4.69, 9.17) is 5.84 Å². The van der Waals surface area contributed by atoms with Crippen molar-refractivity contribution >= 4 is 11.6 Å². The predicted molar refractivity (Wildman–Crippen MR) is 66.0 cm³/mol. The Kier molecular flexibility index (Phi) is 5.03. The number of rotatable bonds is 5. The van der Waals surface area contributed by atoms with Gasteiger partial charge in [-0.25, -0.2) is 8.78 Å². The van der Waals surface area contributed by atoms with Crippen LogP contribution in [0.5, 0.6) is 0 Å². The maximum atomic E-state index is 13.4. The number of nitrogens with one attached hydrogen (secondary N) is 2. The van der Waals surface area contributed by atoms with Crippen LogP contribution in [-0.4, -0.2) is 11.9 Å². The summed E-state index contributed by atoms with van der Waals surface area (Å²) in [6.07, 6.45) is 1.52. The number of anilines is 1. The Hall–Kier alpha value is -1.69. The zero-order valence-corrected chi connectivity index (χ0v) is 10.4. The lowest BCUT2D eigenvalue weighted by molar-refractivity contribution is 0.0934. The van der Waals surface area contributed by atoms with Crippen LogP contribution in [0.3, 0.4) is 0 Å². The molecular weight excluding hydrogens is 240 g/mol. The van der Waals surface area contributed by atoms with Crippen LogP contribution in [0.25, 0.3) is 0 Å². The normalized spacial score (nSPS) is 10.6. The number of hydrazine groups is 1. The third kappa shape index (κ3) is 3.16. The molecule has 0 unspecified atom stereocenters. The molecule has 0 fully saturated rings. The molecule has 0 spiro atoms. The van der Waals surface area contributed by atoms with E-state index in [-0.39, 0.29) is 11.6 Å². The van der Waals surface area contributed by atoms with E-state index in [1.807, 2.05) is 19.3 Å². The van der Waals surface area contributed by atoms with Gasteiger partial charge in [0.15, 0.2) is 11.6 Å². The Balaban J connectivity index is 2.93. The fourth-order valence-electron chi connectivity index (χ4n) is 1.60. The van der Waals surface area contributed by atoms with E-state index in [0.29, 0.717) is 0 Å². The number of benzene rings is 1. The summed E-state index contributed by atoms with van der Waals surface area (Å²) in [6.45, 7) is 3.86. The van der Waals surface area contributed by atoms with E-state index in [9.17, 15) is 13.6 Å². The smallest absolute Gasteiger partial charge is 0.251 e. The van der Waals surface area contributed by atoms with Crippen molar-refractivity contribution in [2.75, 3.05) is 5.43 Å². The molecule has 4 nitrogen and oxygen atoms in total. The molecule has 0 bridgehead atoms. The molecule has 0 heterocycles. The lowest BCUT2D eigenvalue weighted by Gasteiger charge is -2.15. The Morgan fingerprint density at radius 1 is 1.28 bits per heavy atom. The fraction of sp³-hybridized carbons (Fsp3) is 0.417. The molecule has 18 heavy (non-hydrogen) atoms.